The summed E-state index contributed by atoms with van der Waals surface area (Å²) >= 11 is 0. The van der Waals surface area contributed by atoms with Crippen LogP contribution in [0.25, 0.3) is 0 Å². The van der Waals surface area contributed by atoms with Gasteiger partial charge in [0.25, 0.3) is 0 Å². The van der Waals surface area contributed by atoms with Crippen molar-refractivity contribution in [3.05, 3.63) is 23.7 Å². The number of hydrogen-bond acceptors (Lipinski definition) is 7. The lowest BCUT2D eigenvalue weighted by Gasteiger charge is -2.39. The highest BCUT2D eigenvalue weighted by atomic mass is 16.5. The van der Waals surface area contributed by atoms with Crippen molar-refractivity contribution in [2.24, 2.45) is 5.92 Å². The third-order valence-electron chi connectivity index (χ3n) is 3.13. The van der Waals surface area contributed by atoms with Crippen LogP contribution in [0.15, 0.2) is 16.7 Å². The van der Waals surface area contributed by atoms with Crippen molar-refractivity contribution in [1.82, 2.24) is 20.3 Å². The van der Waals surface area contributed by atoms with Crippen LogP contribution >= 0.6 is 0 Å². The van der Waals surface area contributed by atoms with Crippen molar-refractivity contribution in [3.8, 4) is 0 Å². The average Bonchev–Trinajstić information content (AvgIpc) is 2.75. The highest BCUT2D eigenvalue weighted by Crippen LogP contribution is 2.22. The second kappa shape index (κ2) is 4.83. The van der Waals surface area contributed by atoms with Gasteiger partial charge in [-0.3, -0.25) is 0 Å². The van der Waals surface area contributed by atoms with E-state index in [1.807, 2.05) is 19.1 Å². The van der Waals surface area contributed by atoms with Gasteiger partial charge in [-0.05, 0) is 26.0 Å². The Bertz CT molecular complexity index is 546. The monoisotopic (exact) mass is 260 g/mol. The van der Waals surface area contributed by atoms with Gasteiger partial charge in [-0.25, -0.2) is 0 Å². The molecule has 3 rings (SSSR count). The first-order chi connectivity index (χ1) is 9.20. The van der Waals surface area contributed by atoms with E-state index in [0.717, 1.165) is 31.1 Å². The van der Waals surface area contributed by atoms with Crippen LogP contribution in [0.4, 0.5) is 11.8 Å². The Balaban J connectivity index is 1.46. The standard InChI is InChI=1S/C12H16N6O/c1-8-3-4-11(16-15-8)18-6-10(7-18)5-13-12-14-9(2)17-19-12/h3-4,10H,5-7H2,1-2H3,(H,13,14,17). The number of anilines is 2. The van der Waals surface area contributed by atoms with E-state index < -0.39 is 0 Å². The van der Waals surface area contributed by atoms with Gasteiger partial charge in [0.15, 0.2) is 11.6 Å². The first kappa shape index (κ1) is 11.9. The van der Waals surface area contributed by atoms with Crippen LogP contribution in [0.3, 0.4) is 0 Å². The van der Waals surface area contributed by atoms with Gasteiger partial charge in [-0.1, -0.05) is 5.16 Å². The molecule has 0 spiro atoms. The van der Waals surface area contributed by atoms with Crippen molar-refractivity contribution in [2.45, 2.75) is 13.8 Å². The molecule has 1 aliphatic rings. The molecule has 0 unspecified atom stereocenters. The number of nitrogens with one attached hydrogen (secondary N) is 1. The van der Waals surface area contributed by atoms with Crippen LogP contribution in [0.5, 0.6) is 0 Å². The first-order valence-electron chi connectivity index (χ1n) is 6.30. The molecule has 0 atom stereocenters. The molecule has 0 aromatic carbocycles. The summed E-state index contributed by atoms with van der Waals surface area (Å²) in [5.74, 6) is 2.15. The largest absolute Gasteiger partial charge is 0.354 e. The summed E-state index contributed by atoms with van der Waals surface area (Å²) < 4.78 is 5.00. The maximum atomic E-state index is 5.00. The molecule has 3 heterocycles. The van der Waals surface area contributed by atoms with E-state index in [4.69, 9.17) is 4.52 Å². The van der Waals surface area contributed by atoms with E-state index >= 15 is 0 Å². The minimum Gasteiger partial charge on any atom is -0.354 e. The van der Waals surface area contributed by atoms with Crippen LogP contribution in [0.1, 0.15) is 11.5 Å². The molecule has 0 aliphatic carbocycles. The highest BCUT2D eigenvalue weighted by molar-refractivity contribution is 5.41. The molecule has 2 aromatic heterocycles. The fourth-order valence-corrected chi connectivity index (χ4v) is 2.05. The highest BCUT2D eigenvalue weighted by Gasteiger charge is 2.28. The third-order valence-corrected chi connectivity index (χ3v) is 3.13. The molecule has 0 saturated carbocycles. The Morgan fingerprint density at radius 2 is 2.16 bits per heavy atom. The summed E-state index contributed by atoms with van der Waals surface area (Å²) in [4.78, 5) is 6.31. The van der Waals surface area contributed by atoms with Crippen molar-refractivity contribution in [1.29, 1.82) is 0 Å². The summed E-state index contributed by atoms with van der Waals surface area (Å²) in [7, 11) is 0. The van der Waals surface area contributed by atoms with E-state index in [2.05, 4.69) is 30.6 Å². The average molecular weight is 260 g/mol. The van der Waals surface area contributed by atoms with Crippen molar-refractivity contribution in [2.75, 3.05) is 29.9 Å². The Morgan fingerprint density at radius 3 is 2.79 bits per heavy atom. The van der Waals surface area contributed by atoms with E-state index in [1.54, 1.807) is 6.92 Å². The minimum atomic E-state index is 0.492. The Labute approximate surface area is 111 Å². The summed E-state index contributed by atoms with van der Waals surface area (Å²) in [6.07, 6.45) is 0. The normalized spacial score (nSPS) is 15.4. The molecule has 0 bridgehead atoms. The Morgan fingerprint density at radius 1 is 1.32 bits per heavy atom. The summed E-state index contributed by atoms with van der Waals surface area (Å²) in [6, 6.07) is 4.48. The minimum absolute atomic E-state index is 0.492. The fraction of sp³-hybridized carbons (Fsp3) is 0.500. The predicted molar refractivity (Wildman–Crippen MR) is 70.0 cm³/mol. The van der Waals surface area contributed by atoms with Crippen LogP contribution in [-0.2, 0) is 0 Å². The predicted octanol–water partition coefficient (Wildman–Crippen LogP) is 1.02. The second-order valence-electron chi connectivity index (χ2n) is 4.83. The zero-order valence-electron chi connectivity index (χ0n) is 11.0. The zero-order valence-corrected chi connectivity index (χ0v) is 11.0. The summed E-state index contributed by atoms with van der Waals surface area (Å²) in [6.45, 7) is 6.51. The molecular formula is C12H16N6O. The van der Waals surface area contributed by atoms with E-state index in [9.17, 15) is 0 Å². The number of nitrogens with zero attached hydrogens (tertiary/aromatic N) is 5. The van der Waals surface area contributed by atoms with Crippen molar-refractivity contribution < 1.29 is 4.52 Å². The van der Waals surface area contributed by atoms with Crippen molar-refractivity contribution >= 4 is 11.8 Å². The van der Waals surface area contributed by atoms with Crippen LogP contribution < -0.4 is 10.2 Å². The molecule has 0 radical (unpaired) electrons. The van der Waals surface area contributed by atoms with E-state index in [-0.39, 0.29) is 0 Å². The molecule has 7 nitrogen and oxygen atoms in total. The maximum absolute atomic E-state index is 5.00. The molecule has 100 valence electrons. The topological polar surface area (TPSA) is 80.0 Å². The van der Waals surface area contributed by atoms with Gasteiger partial charge in [0.05, 0.1) is 5.69 Å². The molecule has 19 heavy (non-hydrogen) atoms. The van der Waals surface area contributed by atoms with Crippen LogP contribution in [-0.4, -0.2) is 40.0 Å². The molecule has 2 aromatic rings. The van der Waals surface area contributed by atoms with Gasteiger partial charge >= 0.3 is 6.01 Å². The van der Waals surface area contributed by atoms with Crippen LogP contribution in [0, 0.1) is 19.8 Å². The second-order valence-corrected chi connectivity index (χ2v) is 4.83. The molecule has 0 amide bonds. The number of aryl methyl sites for hydroxylation is 2. The molecule has 7 heteroatoms. The summed E-state index contributed by atoms with van der Waals surface area (Å²) in [5.41, 5.74) is 0.939. The van der Waals surface area contributed by atoms with Gasteiger partial charge in [0, 0.05) is 25.6 Å². The third kappa shape index (κ3) is 2.64. The Kier molecular flexibility index (Phi) is 3.02. The first-order valence-corrected chi connectivity index (χ1v) is 6.30. The zero-order chi connectivity index (χ0) is 13.2. The van der Waals surface area contributed by atoms with Crippen molar-refractivity contribution in [3.63, 3.8) is 0 Å². The van der Waals surface area contributed by atoms with Gasteiger partial charge in [-0.15, -0.1) is 5.10 Å². The molecule has 1 fully saturated rings. The van der Waals surface area contributed by atoms with E-state index in [1.165, 1.54) is 0 Å². The smallest absolute Gasteiger partial charge is 0.321 e. The van der Waals surface area contributed by atoms with Gasteiger partial charge < -0.3 is 14.7 Å². The number of rotatable bonds is 4. The SMILES string of the molecule is Cc1ccc(N2CC(CNc3nc(C)no3)C2)nn1. The number of aromatic nitrogens is 4. The van der Waals surface area contributed by atoms with Gasteiger partial charge in [0.1, 0.15) is 0 Å². The van der Waals surface area contributed by atoms with E-state index in [0.29, 0.717) is 17.8 Å². The number of hydrogen-bond donors (Lipinski definition) is 1. The van der Waals surface area contributed by atoms with Gasteiger partial charge in [-0.2, -0.15) is 10.1 Å². The lowest BCUT2D eigenvalue weighted by molar-refractivity contribution is 0.401. The molecule has 1 aliphatic heterocycles. The maximum Gasteiger partial charge on any atom is 0.321 e. The lowest BCUT2D eigenvalue weighted by Crippen LogP contribution is -2.50. The Hall–Kier alpha value is -2.18. The lowest BCUT2D eigenvalue weighted by atomic mass is 10.0. The molecule has 1 N–H and O–H groups in total. The quantitative estimate of drug-likeness (QED) is 0.879. The molecule has 1 saturated heterocycles. The van der Waals surface area contributed by atoms with Gasteiger partial charge in [0.2, 0.25) is 0 Å². The summed E-state index contributed by atoms with van der Waals surface area (Å²) in [5, 5.41) is 15.1. The molecular weight excluding hydrogens is 244 g/mol. The van der Waals surface area contributed by atoms with Crippen LogP contribution in [0.2, 0.25) is 0 Å². The fourth-order valence-electron chi connectivity index (χ4n) is 2.05.